The predicted molar refractivity (Wildman–Crippen MR) is 94.3 cm³/mol. The molecular formula is C18H16N2O3S. The zero-order valence-corrected chi connectivity index (χ0v) is 14.1. The van der Waals surface area contributed by atoms with Crippen molar-refractivity contribution in [1.82, 2.24) is 4.31 Å². The normalized spacial score (nSPS) is 17.2. The lowest BCUT2D eigenvalue weighted by Gasteiger charge is -2.30. The number of hydrogen-bond donors (Lipinski definition) is 1. The van der Waals surface area contributed by atoms with Crippen LogP contribution in [0.5, 0.6) is 0 Å². The molecule has 1 N–H and O–H groups in total. The lowest BCUT2D eigenvalue weighted by Crippen LogP contribution is -2.47. The highest BCUT2D eigenvalue weighted by molar-refractivity contribution is 7.97. The SMILES string of the molecule is Cc1cccc(=O)c(NC(=O)C2C(=O)c3ccccc3SN2C)c1. The van der Waals surface area contributed by atoms with Gasteiger partial charge in [-0.15, -0.1) is 0 Å². The Labute approximate surface area is 143 Å². The molecule has 6 heteroatoms. The standard InChI is InChI=1S/C18H16N2O3S/c1-11-6-5-8-14(21)13(10-11)19-18(23)16-17(22)12-7-3-4-9-15(12)24-20(16)2/h3-10,16H,1-2H3,(H,19,21,23). The topological polar surface area (TPSA) is 66.5 Å². The average molecular weight is 340 g/mol. The second-order valence-corrected chi connectivity index (χ2v) is 6.78. The van der Waals surface area contributed by atoms with E-state index in [0.717, 1.165) is 10.5 Å². The number of Topliss-reactive ketones (excluding diaryl/α,β-unsaturated/α-hetero) is 1. The van der Waals surface area contributed by atoms with Gasteiger partial charge in [0.25, 0.3) is 5.91 Å². The molecule has 0 spiro atoms. The molecule has 122 valence electrons. The number of carbonyl (C=O) groups excluding carboxylic acids is 2. The van der Waals surface area contributed by atoms with E-state index in [0.29, 0.717) is 5.56 Å². The summed E-state index contributed by atoms with van der Waals surface area (Å²) in [5, 5.41) is 2.61. The summed E-state index contributed by atoms with van der Waals surface area (Å²) in [5.41, 5.74) is 1.25. The maximum atomic E-state index is 12.7. The molecule has 0 radical (unpaired) electrons. The first kappa shape index (κ1) is 16.4. The predicted octanol–water partition coefficient (Wildman–Crippen LogP) is 2.50. The Morgan fingerprint density at radius 3 is 2.67 bits per heavy atom. The minimum absolute atomic E-state index is 0.174. The molecule has 1 aliphatic rings. The van der Waals surface area contributed by atoms with Gasteiger partial charge in [-0.1, -0.05) is 30.3 Å². The smallest absolute Gasteiger partial charge is 0.250 e. The van der Waals surface area contributed by atoms with Crippen LogP contribution in [0.1, 0.15) is 15.9 Å². The van der Waals surface area contributed by atoms with Crippen molar-refractivity contribution in [2.45, 2.75) is 17.9 Å². The molecule has 0 aliphatic carbocycles. The number of hydrogen-bond acceptors (Lipinski definition) is 5. The summed E-state index contributed by atoms with van der Waals surface area (Å²) in [6.45, 7) is 1.83. The molecule has 24 heavy (non-hydrogen) atoms. The number of nitrogens with zero attached hydrogens (tertiary/aromatic N) is 1. The molecule has 5 nitrogen and oxygen atoms in total. The van der Waals surface area contributed by atoms with Crippen LogP contribution in [0.15, 0.2) is 58.2 Å². The number of nitrogens with one attached hydrogen (secondary N) is 1. The number of aryl methyl sites for hydroxylation is 1. The van der Waals surface area contributed by atoms with Gasteiger partial charge in [0.05, 0.1) is 5.69 Å². The Kier molecular flexibility index (Phi) is 4.51. The highest BCUT2D eigenvalue weighted by atomic mass is 32.2. The van der Waals surface area contributed by atoms with Gasteiger partial charge in [-0.2, -0.15) is 0 Å². The zero-order chi connectivity index (χ0) is 17.3. The number of likely N-dealkylation sites (N-methyl/N-ethyl adjacent to an activating group) is 1. The summed E-state index contributed by atoms with van der Waals surface area (Å²) in [5.74, 6) is -0.777. The first-order valence-corrected chi connectivity index (χ1v) is 8.20. The molecule has 0 bridgehead atoms. The Hall–Kier alpha value is -2.44. The molecule has 0 saturated heterocycles. The van der Waals surface area contributed by atoms with Crippen molar-refractivity contribution in [3.8, 4) is 0 Å². The van der Waals surface area contributed by atoms with Crippen molar-refractivity contribution in [3.63, 3.8) is 0 Å². The lowest BCUT2D eigenvalue weighted by molar-refractivity contribution is -0.118. The van der Waals surface area contributed by atoms with Gasteiger partial charge in [0.15, 0.2) is 11.8 Å². The van der Waals surface area contributed by atoms with Gasteiger partial charge in [-0.3, -0.25) is 14.4 Å². The number of benzene rings is 1. The van der Waals surface area contributed by atoms with Crippen molar-refractivity contribution >= 4 is 29.3 Å². The highest BCUT2D eigenvalue weighted by Gasteiger charge is 2.37. The lowest BCUT2D eigenvalue weighted by atomic mass is 10.0. The molecule has 1 unspecified atom stereocenters. The Bertz CT molecular complexity index is 882. The third-order valence-corrected chi connectivity index (χ3v) is 4.81. The highest BCUT2D eigenvalue weighted by Crippen LogP contribution is 2.33. The van der Waals surface area contributed by atoms with E-state index in [1.54, 1.807) is 41.7 Å². The molecule has 1 atom stereocenters. The van der Waals surface area contributed by atoms with Crippen LogP contribution >= 0.6 is 11.9 Å². The molecule has 2 aromatic carbocycles. The van der Waals surface area contributed by atoms with E-state index in [9.17, 15) is 14.4 Å². The van der Waals surface area contributed by atoms with Gasteiger partial charge < -0.3 is 5.32 Å². The molecule has 0 aromatic heterocycles. The number of fused-ring (bicyclic) bond motifs is 1. The van der Waals surface area contributed by atoms with Crippen molar-refractivity contribution < 1.29 is 9.59 Å². The maximum Gasteiger partial charge on any atom is 0.250 e. The fourth-order valence-corrected chi connectivity index (χ4v) is 3.59. The maximum absolute atomic E-state index is 12.7. The van der Waals surface area contributed by atoms with E-state index in [1.165, 1.54) is 18.0 Å². The summed E-state index contributed by atoms with van der Waals surface area (Å²) in [4.78, 5) is 38.2. The Morgan fingerprint density at radius 1 is 1.12 bits per heavy atom. The van der Waals surface area contributed by atoms with Crippen molar-refractivity contribution in [2.24, 2.45) is 0 Å². The largest absolute Gasteiger partial charge is 0.321 e. The number of rotatable bonds is 2. The molecule has 1 amide bonds. The molecule has 2 aromatic rings. The summed E-state index contributed by atoms with van der Waals surface area (Å²) in [7, 11) is 1.69. The number of anilines is 1. The van der Waals surface area contributed by atoms with Gasteiger partial charge in [-0.25, -0.2) is 4.31 Å². The van der Waals surface area contributed by atoms with Gasteiger partial charge >= 0.3 is 0 Å². The van der Waals surface area contributed by atoms with E-state index in [-0.39, 0.29) is 16.9 Å². The number of amides is 1. The van der Waals surface area contributed by atoms with Crippen LogP contribution in [0.4, 0.5) is 5.69 Å². The van der Waals surface area contributed by atoms with Crippen LogP contribution < -0.4 is 10.7 Å². The fourth-order valence-electron chi connectivity index (χ4n) is 2.58. The fraction of sp³-hybridized carbons (Fsp3) is 0.167. The molecule has 1 heterocycles. The zero-order valence-electron chi connectivity index (χ0n) is 13.3. The van der Waals surface area contributed by atoms with Crippen LogP contribution in [0.2, 0.25) is 0 Å². The summed E-state index contributed by atoms with van der Waals surface area (Å²) < 4.78 is 1.61. The number of ketones is 1. The first-order chi connectivity index (χ1) is 11.5. The van der Waals surface area contributed by atoms with Crippen LogP contribution in [-0.4, -0.2) is 29.1 Å². The molecule has 1 aliphatic heterocycles. The van der Waals surface area contributed by atoms with Gasteiger partial charge in [0.1, 0.15) is 0 Å². The van der Waals surface area contributed by atoms with Crippen LogP contribution in [0.3, 0.4) is 0 Å². The number of carbonyl (C=O) groups is 2. The van der Waals surface area contributed by atoms with Crippen LogP contribution in [0, 0.1) is 6.92 Å². The van der Waals surface area contributed by atoms with E-state index in [4.69, 9.17) is 0 Å². The van der Waals surface area contributed by atoms with Crippen molar-refractivity contribution in [2.75, 3.05) is 12.4 Å². The Morgan fingerprint density at radius 2 is 1.88 bits per heavy atom. The quantitative estimate of drug-likeness (QED) is 0.672. The second kappa shape index (κ2) is 6.59. The minimum atomic E-state index is -0.977. The molecular weight excluding hydrogens is 324 g/mol. The third kappa shape index (κ3) is 3.11. The summed E-state index contributed by atoms with van der Waals surface area (Å²) in [6.07, 6.45) is 0. The van der Waals surface area contributed by atoms with E-state index >= 15 is 0 Å². The van der Waals surface area contributed by atoms with Gasteiger partial charge in [0.2, 0.25) is 5.43 Å². The molecule has 0 saturated carbocycles. The molecule has 3 rings (SSSR count). The summed E-state index contributed by atoms with van der Waals surface area (Å²) >= 11 is 1.34. The van der Waals surface area contributed by atoms with E-state index < -0.39 is 11.9 Å². The average Bonchev–Trinajstić information content (AvgIpc) is 2.68. The van der Waals surface area contributed by atoms with Gasteiger partial charge in [0, 0.05) is 10.5 Å². The van der Waals surface area contributed by atoms with Crippen LogP contribution in [0.25, 0.3) is 0 Å². The molecule has 0 fully saturated rings. The van der Waals surface area contributed by atoms with E-state index in [2.05, 4.69) is 5.32 Å². The first-order valence-electron chi connectivity index (χ1n) is 7.43. The minimum Gasteiger partial charge on any atom is -0.321 e. The van der Waals surface area contributed by atoms with Crippen molar-refractivity contribution in [1.29, 1.82) is 0 Å². The van der Waals surface area contributed by atoms with Crippen molar-refractivity contribution in [3.05, 3.63) is 69.9 Å². The monoisotopic (exact) mass is 340 g/mol. The van der Waals surface area contributed by atoms with Gasteiger partial charge in [-0.05, 0) is 49.7 Å². The summed E-state index contributed by atoms with van der Waals surface area (Å²) in [6, 6.07) is 12.6. The Balaban J connectivity index is 1.91. The van der Waals surface area contributed by atoms with Crippen LogP contribution in [-0.2, 0) is 4.79 Å². The second-order valence-electron chi connectivity index (χ2n) is 5.58. The van der Waals surface area contributed by atoms with E-state index in [1.807, 2.05) is 19.1 Å². The third-order valence-electron chi connectivity index (χ3n) is 3.76.